The second kappa shape index (κ2) is 6.56. The molecule has 5 nitrogen and oxygen atoms in total. The molecule has 0 saturated heterocycles. The molecule has 1 aromatic heterocycles. The smallest absolute Gasteiger partial charge is 0.217 e. The highest BCUT2D eigenvalue weighted by molar-refractivity contribution is 7.91. The standard InChI is InChI=1S/C20H22FN3O2S/c1-13-6-9-16(12-18(13)21)24-14(2)19(22-23-24)27(25,26)17-10-7-15(8-11-17)20(3,4)5/h6-12H,1-5H3. The maximum atomic E-state index is 13.9. The number of hydrogen-bond acceptors (Lipinski definition) is 4. The number of hydrogen-bond donors (Lipinski definition) is 0. The summed E-state index contributed by atoms with van der Waals surface area (Å²) in [6.45, 7) is 9.45. The first kappa shape index (κ1) is 19.2. The largest absolute Gasteiger partial charge is 0.227 e. The summed E-state index contributed by atoms with van der Waals surface area (Å²) in [5, 5.41) is 7.66. The van der Waals surface area contributed by atoms with Gasteiger partial charge < -0.3 is 0 Å². The van der Waals surface area contributed by atoms with Crippen molar-refractivity contribution in [2.24, 2.45) is 0 Å². The molecule has 142 valence electrons. The Morgan fingerprint density at radius 2 is 1.63 bits per heavy atom. The summed E-state index contributed by atoms with van der Waals surface area (Å²) in [6.07, 6.45) is 0. The average Bonchev–Trinajstić information content (AvgIpc) is 2.99. The van der Waals surface area contributed by atoms with Crippen LogP contribution in [0.5, 0.6) is 0 Å². The monoisotopic (exact) mass is 387 g/mol. The lowest BCUT2D eigenvalue weighted by Gasteiger charge is -2.19. The second-order valence-corrected chi connectivity index (χ2v) is 9.47. The molecule has 0 amide bonds. The van der Waals surface area contributed by atoms with Gasteiger partial charge in [0.2, 0.25) is 14.9 Å². The van der Waals surface area contributed by atoms with Gasteiger partial charge in [-0.3, -0.25) is 0 Å². The molecule has 27 heavy (non-hydrogen) atoms. The molecule has 0 saturated carbocycles. The van der Waals surface area contributed by atoms with Gasteiger partial charge in [-0.1, -0.05) is 44.2 Å². The molecule has 0 fully saturated rings. The summed E-state index contributed by atoms with van der Waals surface area (Å²) in [4.78, 5) is 0.153. The van der Waals surface area contributed by atoms with Crippen molar-refractivity contribution in [3.63, 3.8) is 0 Å². The molecule has 0 bridgehead atoms. The van der Waals surface area contributed by atoms with Crippen molar-refractivity contribution in [2.75, 3.05) is 0 Å². The quantitative estimate of drug-likeness (QED) is 0.677. The summed E-state index contributed by atoms with van der Waals surface area (Å²) in [6, 6.07) is 11.4. The molecule has 0 aliphatic rings. The predicted molar refractivity (Wildman–Crippen MR) is 101 cm³/mol. The van der Waals surface area contributed by atoms with Crippen molar-refractivity contribution in [3.8, 4) is 5.69 Å². The summed E-state index contributed by atoms with van der Waals surface area (Å²) < 4.78 is 41.2. The van der Waals surface area contributed by atoms with Gasteiger partial charge in [-0.15, -0.1) is 5.10 Å². The van der Waals surface area contributed by atoms with Gasteiger partial charge in [0, 0.05) is 0 Å². The maximum Gasteiger partial charge on any atom is 0.227 e. The summed E-state index contributed by atoms with van der Waals surface area (Å²) in [5.74, 6) is -0.385. The second-order valence-electron chi connectivity index (χ2n) is 7.60. The van der Waals surface area contributed by atoms with Crippen LogP contribution in [-0.4, -0.2) is 23.4 Å². The lowest BCUT2D eigenvalue weighted by atomic mass is 9.87. The average molecular weight is 387 g/mol. The fraction of sp³-hybridized carbons (Fsp3) is 0.300. The molecule has 3 aromatic rings. The Hall–Kier alpha value is -2.54. The Bertz CT molecular complexity index is 1100. The zero-order chi connectivity index (χ0) is 20.0. The molecule has 0 radical (unpaired) electrons. The summed E-state index contributed by atoms with van der Waals surface area (Å²) in [7, 11) is -3.83. The van der Waals surface area contributed by atoms with Crippen LogP contribution in [0.2, 0.25) is 0 Å². The van der Waals surface area contributed by atoms with E-state index in [0.29, 0.717) is 16.9 Å². The van der Waals surface area contributed by atoms with E-state index in [0.717, 1.165) is 5.56 Å². The minimum atomic E-state index is -3.83. The van der Waals surface area contributed by atoms with Crippen LogP contribution in [0.15, 0.2) is 52.4 Å². The van der Waals surface area contributed by atoms with Crippen LogP contribution in [0, 0.1) is 19.7 Å². The molecule has 0 aliphatic heterocycles. The van der Waals surface area contributed by atoms with Crippen molar-refractivity contribution >= 4 is 9.84 Å². The molecule has 7 heteroatoms. The van der Waals surface area contributed by atoms with Gasteiger partial charge in [-0.05, 0) is 54.7 Å². The molecule has 1 heterocycles. The van der Waals surface area contributed by atoms with Crippen LogP contribution in [0.1, 0.15) is 37.6 Å². The Kier molecular flexibility index (Phi) is 4.67. The fourth-order valence-corrected chi connectivity index (χ4v) is 4.11. The van der Waals surface area contributed by atoms with Crippen LogP contribution in [-0.2, 0) is 15.3 Å². The third-order valence-corrected chi connectivity index (χ3v) is 6.32. The summed E-state index contributed by atoms with van der Waals surface area (Å²) >= 11 is 0. The van der Waals surface area contributed by atoms with E-state index in [9.17, 15) is 12.8 Å². The van der Waals surface area contributed by atoms with E-state index in [2.05, 4.69) is 31.1 Å². The van der Waals surface area contributed by atoms with Crippen LogP contribution in [0.25, 0.3) is 5.69 Å². The van der Waals surface area contributed by atoms with Crippen molar-refractivity contribution in [1.29, 1.82) is 0 Å². The molecular weight excluding hydrogens is 365 g/mol. The summed E-state index contributed by atoms with van der Waals surface area (Å²) in [5.41, 5.74) is 2.22. The van der Waals surface area contributed by atoms with E-state index in [1.54, 1.807) is 38.1 Å². The van der Waals surface area contributed by atoms with Gasteiger partial charge in [0.1, 0.15) is 5.82 Å². The van der Waals surface area contributed by atoms with Gasteiger partial charge in [0.15, 0.2) is 0 Å². The number of benzene rings is 2. The molecule has 0 spiro atoms. The lowest BCUT2D eigenvalue weighted by molar-refractivity contribution is 0.584. The predicted octanol–water partition coefficient (Wildman–Crippen LogP) is 4.15. The number of sulfone groups is 1. The number of aromatic nitrogens is 3. The van der Waals surface area contributed by atoms with Crippen LogP contribution in [0.4, 0.5) is 4.39 Å². The molecule has 0 aliphatic carbocycles. The van der Waals surface area contributed by atoms with Gasteiger partial charge in [0.05, 0.1) is 16.3 Å². The normalized spacial score (nSPS) is 12.4. The number of aryl methyl sites for hydroxylation is 1. The van der Waals surface area contributed by atoms with Gasteiger partial charge in [-0.2, -0.15) is 0 Å². The van der Waals surface area contributed by atoms with Gasteiger partial charge in [-0.25, -0.2) is 17.5 Å². The Labute approximate surface area is 158 Å². The molecule has 0 unspecified atom stereocenters. The first-order valence-corrected chi connectivity index (χ1v) is 10.0. The first-order valence-electron chi connectivity index (χ1n) is 8.56. The minimum Gasteiger partial charge on any atom is -0.217 e. The topological polar surface area (TPSA) is 64.8 Å². The van der Waals surface area contributed by atoms with E-state index in [-0.39, 0.29) is 21.2 Å². The minimum absolute atomic E-state index is 0.0726. The highest BCUT2D eigenvalue weighted by Crippen LogP contribution is 2.27. The Morgan fingerprint density at radius 3 is 2.19 bits per heavy atom. The van der Waals surface area contributed by atoms with Crippen molar-refractivity contribution in [2.45, 2.75) is 50.0 Å². The zero-order valence-corrected chi connectivity index (χ0v) is 16.8. The van der Waals surface area contributed by atoms with E-state index in [1.165, 1.54) is 10.7 Å². The molecule has 0 N–H and O–H groups in total. The molecule has 3 rings (SSSR count). The fourth-order valence-electron chi connectivity index (χ4n) is 2.77. The highest BCUT2D eigenvalue weighted by atomic mass is 32.2. The molecular formula is C20H22FN3O2S. The Morgan fingerprint density at radius 1 is 1.00 bits per heavy atom. The van der Waals surface area contributed by atoms with Crippen molar-refractivity contribution < 1.29 is 12.8 Å². The number of nitrogens with zero attached hydrogens (tertiary/aromatic N) is 3. The zero-order valence-electron chi connectivity index (χ0n) is 16.0. The number of rotatable bonds is 3. The highest BCUT2D eigenvalue weighted by Gasteiger charge is 2.26. The number of halogens is 1. The SMILES string of the molecule is Cc1ccc(-n2nnc(S(=O)(=O)c3ccc(C(C)(C)C)cc3)c2C)cc1F. The lowest BCUT2D eigenvalue weighted by Crippen LogP contribution is -2.11. The van der Waals surface area contributed by atoms with Crippen LogP contribution >= 0.6 is 0 Å². The van der Waals surface area contributed by atoms with Gasteiger partial charge in [0.25, 0.3) is 0 Å². The van der Waals surface area contributed by atoms with Crippen molar-refractivity contribution in [3.05, 3.63) is 65.1 Å². The maximum absolute atomic E-state index is 13.9. The molecule has 0 atom stereocenters. The van der Waals surface area contributed by atoms with E-state index < -0.39 is 9.84 Å². The third kappa shape index (κ3) is 3.51. The first-order chi connectivity index (χ1) is 12.5. The Balaban J connectivity index is 2.03. The third-order valence-electron chi connectivity index (χ3n) is 4.54. The molecule has 2 aromatic carbocycles. The van der Waals surface area contributed by atoms with E-state index in [4.69, 9.17) is 0 Å². The van der Waals surface area contributed by atoms with Crippen LogP contribution < -0.4 is 0 Å². The van der Waals surface area contributed by atoms with E-state index in [1.807, 2.05) is 12.1 Å². The van der Waals surface area contributed by atoms with Crippen LogP contribution in [0.3, 0.4) is 0 Å². The van der Waals surface area contributed by atoms with Gasteiger partial charge >= 0.3 is 0 Å². The van der Waals surface area contributed by atoms with Crippen molar-refractivity contribution in [1.82, 2.24) is 15.0 Å². The van der Waals surface area contributed by atoms with E-state index >= 15 is 0 Å².